The van der Waals surface area contributed by atoms with Crippen molar-refractivity contribution in [1.29, 1.82) is 0 Å². The SMILES string of the molecule is CN=C(NCC(c1cccc(C)c1)N1CCOCC1)N(C)CCOCC1CC1.I. The average Bonchev–Trinajstić information content (AvgIpc) is 3.54. The Labute approximate surface area is 193 Å². The monoisotopic (exact) mass is 516 g/mol. The number of aryl methyl sites for hydroxylation is 1. The second-order valence-corrected chi connectivity index (χ2v) is 7.95. The van der Waals surface area contributed by atoms with E-state index in [-0.39, 0.29) is 24.0 Å². The highest BCUT2D eigenvalue weighted by atomic mass is 127. The lowest BCUT2D eigenvalue weighted by Gasteiger charge is -2.36. The lowest BCUT2D eigenvalue weighted by atomic mass is 10.0. The fourth-order valence-electron chi connectivity index (χ4n) is 3.64. The van der Waals surface area contributed by atoms with Gasteiger partial charge in [0, 0.05) is 46.9 Å². The molecule has 1 aromatic carbocycles. The van der Waals surface area contributed by atoms with Crippen molar-refractivity contribution in [2.75, 3.05) is 66.7 Å². The highest BCUT2D eigenvalue weighted by Crippen LogP contribution is 2.28. The molecule has 1 aromatic rings. The zero-order valence-corrected chi connectivity index (χ0v) is 20.4. The molecule has 6 nitrogen and oxygen atoms in total. The molecule has 1 atom stereocenters. The molecular formula is C22H37IN4O2. The van der Waals surface area contributed by atoms with Gasteiger partial charge in [-0.3, -0.25) is 9.89 Å². The third kappa shape index (κ3) is 8.03. The minimum absolute atomic E-state index is 0. The molecule has 1 unspecified atom stereocenters. The van der Waals surface area contributed by atoms with Crippen LogP contribution >= 0.6 is 24.0 Å². The van der Waals surface area contributed by atoms with E-state index >= 15 is 0 Å². The number of halogens is 1. The molecule has 0 bridgehead atoms. The normalized spacial score (nSPS) is 18.8. The molecule has 0 radical (unpaired) electrons. The van der Waals surface area contributed by atoms with Gasteiger partial charge in [0.15, 0.2) is 5.96 Å². The number of aliphatic imine (C=N–C) groups is 1. The van der Waals surface area contributed by atoms with Crippen LogP contribution < -0.4 is 5.32 Å². The topological polar surface area (TPSA) is 49.3 Å². The van der Waals surface area contributed by atoms with Crippen LogP contribution in [0.2, 0.25) is 0 Å². The summed E-state index contributed by atoms with van der Waals surface area (Å²) in [6.07, 6.45) is 2.67. The minimum atomic E-state index is 0. The van der Waals surface area contributed by atoms with E-state index in [0.29, 0.717) is 6.04 Å². The summed E-state index contributed by atoms with van der Waals surface area (Å²) in [4.78, 5) is 9.14. The van der Waals surface area contributed by atoms with Crippen molar-refractivity contribution in [3.05, 3.63) is 35.4 Å². The molecule has 3 rings (SSSR count). The van der Waals surface area contributed by atoms with Crippen LogP contribution in [0.4, 0.5) is 0 Å². The molecule has 0 aromatic heterocycles. The van der Waals surface area contributed by atoms with Crippen LogP contribution in [0.3, 0.4) is 0 Å². The number of benzene rings is 1. The van der Waals surface area contributed by atoms with E-state index in [0.717, 1.165) is 64.5 Å². The molecule has 29 heavy (non-hydrogen) atoms. The van der Waals surface area contributed by atoms with Crippen molar-refractivity contribution in [2.45, 2.75) is 25.8 Å². The first kappa shape index (κ1) is 24.4. The maximum Gasteiger partial charge on any atom is 0.193 e. The number of nitrogens with zero attached hydrogens (tertiary/aromatic N) is 3. The number of likely N-dealkylation sites (N-methyl/N-ethyl adjacent to an activating group) is 1. The van der Waals surface area contributed by atoms with E-state index in [1.807, 2.05) is 7.05 Å². The Morgan fingerprint density at radius 1 is 1.34 bits per heavy atom. The molecule has 2 fully saturated rings. The Balaban J connectivity index is 0.00000300. The predicted octanol–water partition coefficient (Wildman–Crippen LogP) is 2.92. The molecule has 1 saturated carbocycles. The maximum absolute atomic E-state index is 5.78. The van der Waals surface area contributed by atoms with E-state index in [4.69, 9.17) is 9.47 Å². The van der Waals surface area contributed by atoms with Gasteiger partial charge in [-0.25, -0.2) is 0 Å². The van der Waals surface area contributed by atoms with Gasteiger partial charge >= 0.3 is 0 Å². The van der Waals surface area contributed by atoms with Gasteiger partial charge in [0.25, 0.3) is 0 Å². The third-order valence-corrected chi connectivity index (χ3v) is 5.56. The van der Waals surface area contributed by atoms with Crippen molar-refractivity contribution in [1.82, 2.24) is 15.1 Å². The average molecular weight is 516 g/mol. The van der Waals surface area contributed by atoms with Gasteiger partial charge in [0.05, 0.1) is 25.9 Å². The fraction of sp³-hybridized carbons (Fsp3) is 0.682. The van der Waals surface area contributed by atoms with Crippen LogP contribution in [-0.4, -0.2) is 82.5 Å². The lowest BCUT2D eigenvalue weighted by Crippen LogP contribution is -2.47. The van der Waals surface area contributed by atoms with Gasteiger partial charge in [-0.05, 0) is 31.2 Å². The van der Waals surface area contributed by atoms with E-state index < -0.39 is 0 Å². The van der Waals surface area contributed by atoms with Crippen molar-refractivity contribution >= 4 is 29.9 Å². The maximum atomic E-state index is 5.78. The standard InChI is InChI=1S/C22H36N4O2.HI/c1-18-5-4-6-20(15-18)21(26-10-13-27-14-11-26)16-24-22(23-2)25(3)9-12-28-17-19-7-8-19;/h4-6,15,19,21H,7-14,16-17H2,1-3H3,(H,23,24);1H. The van der Waals surface area contributed by atoms with E-state index in [9.17, 15) is 0 Å². The van der Waals surface area contributed by atoms with Gasteiger partial charge < -0.3 is 19.7 Å². The molecule has 2 aliphatic rings. The molecule has 164 valence electrons. The summed E-state index contributed by atoms with van der Waals surface area (Å²) in [7, 11) is 3.92. The van der Waals surface area contributed by atoms with Gasteiger partial charge in [-0.1, -0.05) is 29.8 Å². The van der Waals surface area contributed by atoms with Crippen molar-refractivity contribution in [2.24, 2.45) is 10.9 Å². The lowest BCUT2D eigenvalue weighted by molar-refractivity contribution is 0.0168. The quantitative estimate of drug-likeness (QED) is 0.237. The Morgan fingerprint density at radius 3 is 2.76 bits per heavy atom. The fourth-order valence-corrected chi connectivity index (χ4v) is 3.64. The summed E-state index contributed by atoms with van der Waals surface area (Å²) in [6.45, 7) is 9.01. The molecule has 1 heterocycles. The summed E-state index contributed by atoms with van der Waals surface area (Å²) >= 11 is 0. The highest BCUT2D eigenvalue weighted by molar-refractivity contribution is 14.0. The van der Waals surface area contributed by atoms with Gasteiger partial charge in [0.2, 0.25) is 0 Å². The molecule has 0 spiro atoms. The van der Waals surface area contributed by atoms with Gasteiger partial charge in [0.1, 0.15) is 0 Å². The van der Waals surface area contributed by atoms with Gasteiger partial charge in [-0.15, -0.1) is 24.0 Å². The van der Waals surface area contributed by atoms with Crippen molar-refractivity contribution in [3.8, 4) is 0 Å². The van der Waals surface area contributed by atoms with Crippen LogP contribution in [0.15, 0.2) is 29.3 Å². The van der Waals surface area contributed by atoms with Crippen LogP contribution in [-0.2, 0) is 9.47 Å². The molecular weight excluding hydrogens is 479 g/mol. The molecule has 7 heteroatoms. The number of guanidine groups is 1. The Hall–Kier alpha value is -0.900. The molecule has 0 amide bonds. The van der Waals surface area contributed by atoms with Crippen molar-refractivity contribution < 1.29 is 9.47 Å². The van der Waals surface area contributed by atoms with Crippen molar-refractivity contribution in [3.63, 3.8) is 0 Å². The van der Waals surface area contributed by atoms with Crippen LogP contribution in [0, 0.1) is 12.8 Å². The second kappa shape index (κ2) is 12.7. The first-order valence-electron chi connectivity index (χ1n) is 10.5. The number of hydrogen-bond acceptors (Lipinski definition) is 4. The summed E-state index contributed by atoms with van der Waals surface area (Å²) in [5.74, 6) is 1.73. The molecule has 1 aliphatic heterocycles. The zero-order chi connectivity index (χ0) is 19.8. The first-order chi connectivity index (χ1) is 13.7. The number of hydrogen-bond donors (Lipinski definition) is 1. The Morgan fingerprint density at radius 2 is 2.10 bits per heavy atom. The summed E-state index contributed by atoms with van der Waals surface area (Å²) < 4.78 is 11.3. The first-order valence-corrected chi connectivity index (χ1v) is 10.5. The van der Waals surface area contributed by atoms with E-state index in [1.54, 1.807) is 0 Å². The Kier molecular flexibility index (Phi) is 10.7. The van der Waals surface area contributed by atoms with Crippen LogP contribution in [0.25, 0.3) is 0 Å². The summed E-state index contributed by atoms with van der Waals surface area (Å²) in [6, 6.07) is 9.13. The van der Waals surface area contributed by atoms with Crippen LogP contribution in [0.5, 0.6) is 0 Å². The third-order valence-electron chi connectivity index (χ3n) is 5.56. The minimum Gasteiger partial charge on any atom is -0.379 e. The van der Waals surface area contributed by atoms with E-state index in [2.05, 4.69) is 58.3 Å². The molecule has 1 aliphatic carbocycles. The van der Waals surface area contributed by atoms with Crippen LogP contribution in [0.1, 0.15) is 30.0 Å². The zero-order valence-electron chi connectivity index (χ0n) is 18.1. The largest absolute Gasteiger partial charge is 0.379 e. The van der Waals surface area contributed by atoms with E-state index in [1.165, 1.54) is 24.0 Å². The smallest absolute Gasteiger partial charge is 0.193 e. The number of nitrogens with one attached hydrogen (secondary N) is 1. The molecule has 1 N–H and O–H groups in total. The number of morpholine rings is 1. The number of ether oxygens (including phenoxy) is 2. The number of rotatable bonds is 9. The van der Waals surface area contributed by atoms with Gasteiger partial charge in [-0.2, -0.15) is 0 Å². The summed E-state index contributed by atoms with van der Waals surface area (Å²) in [5.41, 5.74) is 2.64. The Bertz CT molecular complexity index is 633. The highest BCUT2D eigenvalue weighted by Gasteiger charge is 2.24. The predicted molar refractivity (Wildman–Crippen MR) is 129 cm³/mol. The summed E-state index contributed by atoms with van der Waals surface area (Å²) in [5, 5.41) is 3.58. The second-order valence-electron chi connectivity index (χ2n) is 7.95. The molecule has 1 saturated heterocycles.